The van der Waals surface area contributed by atoms with Gasteiger partial charge in [0.2, 0.25) is 10.0 Å². The quantitative estimate of drug-likeness (QED) is 0.664. The molecule has 1 aromatic rings. The number of benzene rings is 1. The molecule has 0 saturated heterocycles. The van der Waals surface area contributed by atoms with Gasteiger partial charge in [-0.2, -0.15) is 4.31 Å². The Balaban J connectivity index is 2.55. The molecule has 0 atom stereocenters. The summed E-state index contributed by atoms with van der Waals surface area (Å²) in [7, 11) is -3.55. The second-order valence-electron chi connectivity index (χ2n) is 5.02. The van der Waals surface area contributed by atoms with Crippen molar-refractivity contribution >= 4 is 15.7 Å². The molecule has 2 rings (SSSR count). The third-order valence-corrected chi connectivity index (χ3v) is 5.66. The van der Waals surface area contributed by atoms with Crippen LogP contribution >= 0.6 is 0 Å². The summed E-state index contributed by atoms with van der Waals surface area (Å²) in [6.45, 7) is 7.67. The van der Waals surface area contributed by atoms with Crippen molar-refractivity contribution in [2.75, 3.05) is 12.3 Å². The summed E-state index contributed by atoms with van der Waals surface area (Å²) in [4.78, 5) is 0.251. The summed E-state index contributed by atoms with van der Waals surface area (Å²) in [6, 6.07) is 3.61. The molecule has 1 saturated carbocycles. The number of hydrogen-bond acceptors (Lipinski definition) is 3. The second kappa shape index (κ2) is 4.98. The average Bonchev–Trinajstić information content (AvgIpc) is 3.15. The molecule has 4 nitrogen and oxygen atoms in total. The molecule has 1 aliphatic rings. The zero-order valence-electron chi connectivity index (χ0n) is 11.4. The lowest BCUT2D eigenvalue weighted by Crippen LogP contribution is -2.34. The standard InChI is InChI=1S/C14H20N2O2S/c1-4-9-16(12-6-7-12)19(17,18)14-11(3)10(2)5-8-13(14)15/h4-5,8,12H,1,6-7,9,15H2,2-3H3. The molecule has 1 aliphatic carbocycles. The van der Waals surface area contributed by atoms with Crippen LogP contribution < -0.4 is 5.73 Å². The van der Waals surface area contributed by atoms with E-state index in [4.69, 9.17) is 5.73 Å². The van der Waals surface area contributed by atoms with Crippen LogP contribution in [0.3, 0.4) is 0 Å². The Bertz CT molecular complexity index is 604. The van der Waals surface area contributed by atoms with Crippen molar-refractivity contribution in [2.24, 2.45) is 0 Å². The Morgan fingerprint density at radius 2 is 2.05 bits per heavy atom. The van der Waals surface area contributed by atoms with Crippen LogP contribution in [0.25, 0.3) is 0 Å². The number of nitrogens with two attached hydrogens (primary N) is 1. The lowest BCUT2D eigenvalue weighted by Gasteiger charge is -2.23. The summed E-state index contributed by atoms with van der Waals surface area (Å²) < 4.78 is 27.1. The number of rotatable bonds is 5. The zero-order chi connectivity index (χ0) is 14.2. The summed E-state index contributed by atoms with van der Waals surface area (Å²) in [5.74, 6) is 0. The molecule has 0 spiro atoms. The molecule has 104 valence electrons. The number of nitrogen functional groups attached to an aromatic ring is 1. The molecule has 0 unspecified atom stereocenters. The van der Waals surface area contributed by atoms with Gasteiger partial charge in [-0.3, -0.25) is 0 Å². The number of nitrogens with zero attached hydrogens (tertiary/aromatic N) is 1. The van der Waals surface area contributed by atoms with E-state index in [1.165, 1.54) is 4.31 Å². The number of aryl methyl sites for hydroxylation is 1. The van der Waals surface area contributed by atoms with Gasteiger partial charge in [0, 0.05) is 12.6 Å². The summed E-state index contributed by atoms with van der Waals surface area (Å²) in [5, 5.41) is 0. The number of hydrogen-bond donors (Lipinski definition) is 1. The van der Waals surface area contributed by atoms with E-state index in [0.29, 0.717) is 12.2 Å². The van der Waals surface area contributed by atoms with E-state index in [1.807, 2.05) is 13.0 Å². The van der Waals surface area contributed by atoms with E-state index in [9.17, 15) is 8.42 Å². The summed E-state index contributed by atoms with van der Waals surface area (Å²) in [5.41, 5.74) is 7.88. The highest BCUT2D eigenvalue weighted by atomic mass is 32.2. The highest BCUT2D eigenvalue weighted by Crippen LogP contribution is 2.35. The first kappa shape index (κ1) is 14.1. The predicted molar refractivity (Wildman–Crippen MR) is 77.4 cm³/mol. The maximum absolute atomic E-state index is 12.8. The van der Waals surface area contributed by atoms with Crippen LogP contribution in [0, 0.1) is 13.8 Å². The van der Waals surface area contributed by atoms with Crippen molar-refractivity contribution in [3.8, 4) is 0 Å². The molecular weight excluding hydrogens is 260 g/mol. The van der Waals surface area contributed by atoms with Gasteiger partial charge in [0.15, 0.2) is 0 Å². The fraction of sp³-hybridized carbons (Fsp3) is 0.429. The second-order valence-corrected chi connectivity index (χ2v) is 6.85. The maximum atomic E-state index is 12.8. The smallest absolute Gasteiger partial charge is 0.245 e. The monoisotopic (exact) mass is 280 g/mol. The van der Waals surface area contributed by atoms with Crippen LogP contribution in [0.2, 0.25) is 0 Å². The molecule has 5 heteroatoms. The Hall–Kier alpha value is -1.33. The van der Waals surface area contributed by atoms with Gasteiger partial charge in [-0.25, -0.2) is 8.42 Å². The molecule has 19 heavy (non-hydrogen) atoms. The molecule has 1 fully saturated rings. The lowest BCUT2D eigenvalue weighted by atomic mass is 10.1. The lowest BCUT2D eigenvalue weighted by molar-refractivity contribution is 0.436. The fourth-order valence-corrected chi connectivity index (χ4v) is 4.26. The number of anilines is 1. The molecule has 1 aromatic carbocycles. The van der Waals surface area contributed by atoms with Crippen molar-refractivity contribution in [1.29, 1.82) is 0 Å². The van der Waals surface area contributed by atoms with E-state index in [-0.39, 0.29) is 10.9 Å². The van der Waals surface area contributed by atoms with E-state index in [2.05, 4.69) is 6.58 Å². The van der Waals surface area contributed by atoms with Gasteiger partial charge in [-0.05, 0) is 43.9 Å². The van der Waals surface area contributed by atoms with Crippen molar-refractivity contribution in [3.63, 3.8) is 0 Å². The Kier molecular flexibility index (Phi) is 3.69. The molecule has 0 radical (unpaired) electrons. The molecule has 2 N–H and O–H groups in total. The van der Waals surface area contributed by atoms with E-state index in [1.54, 1.807) is 19.1 Å². The SMILES string of the molecule is C=CCN(C1CC1)S(=O)(=O)c1c(N)ccc(C)c1C. The van der Waals surface area contributed by atoms with Gasteiger partial charge in [0.25, 0.3) is 0 Å². The molecule has 0 aromatic heterocycles. The van der Waals surface area contributed by atoms with Crippen LogP contribution in [0.4, 0.5) is 5.69 Å². The molecular formula is C14H20N2O2S. The largest absolute Gasteiger partial charge is 0.398 e. The molecule has 0 bridgehead atoms. The predicted octanol–water partition coefficient (Wildman–Crippen LogP) is 2.22. The van der Waals surface area contributed by atoms with E-state index in [0.717, 1.165) is 24.0 Å². The minimum absolute atomic E-state index is 0.0994. The fourth-order valence-electron chi connectivity index (χ4n) is 2.20. The van der Waals surface area contributed by atoms with Gasteiger partial charge >= 0.3 is 0 Å². The van der Waals surface area contributed by atoms with Crippen molar-refractivity contribution in [2.45, 2.75) is 37.6 Å². The highest BCUT2D eigenvalue weighted by molar-refractivity contribution is 7.89. The highest BCUT2D eigenvalue weighted by Gasteiger charge is 2.38. The van der Waals surface area contributed by atoms with Crippen LogP contribution in [0.5, 0.6) is 0 Å². The van der Waals surface area contributed by atoms with E-state index >= 15 is 0 Å². The third kappa shape index (κ3) is 2.53. The van der Waals surface area contributed by atoms with Gasteiger partial charge in [-0.1, -0.05) is 12.1 Å². The topological polar surface area (TPSA) is 63.4 Å². The Morgan fingerprint density at radius 1 is 1.42 bits per heavy atom. The van der Waals surface area contributed by atoms with Crippen molar-refractivity contribution in [3.05, 3.63) is 35.9 Å². The Morgan fingerprint density at radius 3 is 2.58 bits per heavy atom. The number of sulfonamides is 1. The summed E-state index contributed by atoms with van der Waals surface area (Å²) >= 11 is 0. The Labute approximate surface area is 115 Å². The normalized spacial score (nSPS) is 15.7. The van der Waals surface area contributed by atoms with Gasteiger partial charge < -0.3 is 5.73 Å². The average molecular weight is 280 g/mol. The molecule has 0 heterocycles. The van der Waals surface area contributed by atoms with Crippen LogP contribution in [-0.4, -0.2) is 25.3 Å². The minimum atomic E-state index is -3.55. The van der Waals surface area contributed by atoms with Crippen LogP contribution in [0.15, 0.2) is 29.7 Å². The minimum Gasteiger partial charge on any atom is -0.398 e. The third-order valence-electron chi connectivity index (χ3n) is 3.54. The van der Waals surface area contributed by atoms with Crippen LogP contribution in [0.1, 0.15) is 24.0 Å². The van der Waals surface area contributed by atoms with Crippen LogP contribution in [-0.2, 0) is 10.0 Å². The van der Waals surface area contributed by atoms with Crippen molar-refractivity contribution in [1.82, 2.24) is 4.31 Å². The van der Waals surface area contributed by atoms with Gasteiger partial charge in [0.05, 0.1) is 5.69 Å². The first-order valence-electron chi connectivity index (χ1n) is 6.38. The molecule has 0 amide bonds. The summed E-state index contributed by atoms with van der Waals surface area (Å²) in [6.07, 6.45) is 3.45. The first-order chi connectivity index (χ1) is 8.89. The van der Waals surface area contributed by atoms with Crippen molar-refractivity contribution < 1.29 is 8.42 Å². The maximum Gasteiger partial charge on any atom is 0.245 e. The molecule has 0 aliphatic heterocycles. The van der Waals surface area contributed by atoms with Gasteiger partial charge in [0.1, 0.15) is 4.90 Å². The first-order valence-corrected chi connectivity index (χ1v) is 7.82. The zero-order valence-corrected chi connectivity index (χ0v) is 12.2. The van der Waals surface area contributed by atoms with E-state index < -0.39 is 10.0 Å². The van der Waals surface area contributed by atoms with Gasteiger partial charge in [-0.15, -0.1) is 6.58 Å².